The molecular formula is C34H41N3. The summed E-state index contributed by atoms with van der Waals surface area (Å²) in [4.78, 5) is 5.04. The highest BCUT2D eigenvalue weighted by atomic mass is 15.2. The van der Waals surface area contributed by atoms with Gasteiger partial charge in [-0.1, -0.05) is 103 Å². The van der Waals surface area contributed by atoms with Crippen LogP contribution in [0.1, 0.15) is 30.4 Å². The monoisotopic (exact) mass is 491 g/mol. The number of nitrogens with zero attached hydrogens (tertiary/aromatic N) is 2. The fraction of sp³-hybridized carbons (Fsp3) is 0.353. The summed E-state index contributed by atoms with van der Waals surface area (Å²) in [6.45, 7) is 4.35. The molecule has 1 fully saturated rings. The number of piperazine rings is 1. The smallest absolute Gasteiger partial charge is 0.0237 e. The molecule has 2 atom stereocenters. The average Bonchev–Trinajstić information content (AvgIpc) is 2.93. The topological polar surface area (TPSA) is 18.5 Å². The summed E-state index contributed by atoms with van der Waals surface area (Å²) in [6.07, 6.45) is 4.88. The Kier molecular flexibility index (Phi) is 8.68. The Morgan fingerprint density at radius 2 is 1.46 bits per heavy atom. The first-order chi connectivity index (χ1) is 18.1. The van der Waals surface area contributed by atoms with Gasteiger partial charge in [-0.05, 0) is 72.9 Å². The zero-order valence-electron chi connectivity index (χ0n) is 22.4. The highest BCUT2D eigenvalue weighted by Crippen LogP contribution is 2.23. The zero-order chi connectivity index (χ0) is 25.5. The predicted octanol–water partition coefficient (Wildman–Crippen LogP) is 6.62. The predicted molar refractivity (Wildman–Crippen MR) is 158 cm³/mol. The maximum atomic E-state index is 3.91. The van der Waals surface area contributed by atoms with Crippen molar-refractivity contribution in [3.63, 3.8) is 0 Å². The van der Waals surface area contributed by atoms with Crippen molar-refractivity contribution in [3.8, 4) is 11.1 Å². The second-order valence-corrected chi connectivity index (χ2v) is 10.9. The average molecular weight is 492 g/mol. The largest absolute Gasteiger partial charge is 0.311 e. The molecular weight excluding hydrogens is 450 g/mol. The lowest BCUT2D eigenvalue weighted by molar-refractivity contribution is 0.113. The van der Waals surface area contributed by atoms with Crippen LogP contribution >= 0.6 is 0 Å². The normalized spacial score (nSPS) is 18.5. The molecule has 192 valence electrons. The molecule has 1 saturated heterocycles. The highest BCUT2D eigenvalue weighted by molar-refractivity contribution is 5.83. The SMILES string of the molecule is CN(C)CCCCC1CNC(Cc2ccc3ccccc3c2)CN1Cc1ccc(-c2ccccc2)cc1. The van der Waals surface area contributed by atoms with E-state index < -0.39 is 0 Å². The maximum Gasteiger partial charge on any atom is 0.0237 e. The van der Waals surface area contributed by atoms with Crippen molar-refractivity contribution in [3.05, 3.63) is 108 Å². The molecule has 0 aliphatic carbocycles. The number of benzene rings is 4. The van der Waals surface area contributed by atoms with E-state index >= 15 is 0 Å². The summed E-state index contributed by atoms with van der Waals surface area (Å²) in [7, 11) is 4.34. The van der Waals surface area contributed by atoms with Gasteiger partial charge in [-0.15, -0.1) is 0 Å². The summed E-state index contributed by atoms with van der Waals surface area (Å²) >= 11 is 0. The number of fused-ring (bicyclic) bond motifs is 1. The van der Waals surface area contributed by atoms with E-state index in [9.17, 15) is 0 Å². The maximum absolute atomic E-state index is 3.91. The van der Waals surface area contributed by atoms with Crippen molar-refractivity contribution in [2.24, 2.45) is 0 Å². The van der Waals surface area contributed by atoms with Crippen molar-refractivity contribution in [1.82, 2.24) is 15.1 Å². The van der Waals surface area contributed by atoms with Crippen LogP contribution in [-0.2, 0) is 13.0 Å². The molecule has 1 aliphatic heterocycles. The first kappa shape index (κ1) is 25.7. The molecule has 4 aromatic rings. The van der Waals surface area contributed by atoms with E-state index in [1.807, 2.05) is 0 Å². The van der Waals surface area contributed by atoms with E-state index in [0.717, 1.165) is 26.1 Å². The molecule has 0 aromatic heterocycles. The van der Waals surface area contributed by atoms with Crippen LogP contribution in [0.4, 0.5) is 0 Å². The molecule has 2 unspecified atom stereocenters. The summed E-state index contributed by atoms with van der Waals surface area (Å²) in [5, 5.41) is 6.57. The second-order valence-electron chi connectivity index (χ2n) is 10.9. The molecule has 0 radical (unpaired) electrons. The van der Waals surface area contributed by atoms with Gasteiger partial charge in [0.2, 0.25) is 0 Å². The van der Waals surface area contributed by atoms with Crippen molar-refractivity contribution < 1.29 is 0 Å². The van der Waals surface area contributed by atoms with Crippen molar-refractivity contribution >= 4 is 10.8 Å². The highest BCUT2D eigenvalue weighted by Gasteiger charge is 2.27. The Morgan fingerprint density at radius 3 is 2.24 bits per heavy atom. The summed E-state index contributed by atoms with van der Waals surface area (Å²) in [6, 6.07) is 36.6. The minimum absolute atomic E-state index is 0.475. The number of hydrogen-bond acceptors (Lipinski definition) is 3. The molecule has 0 bridgehead atoms. The van der Waals surface area contributed by atoms with Crippen LogP contribution in [-0.4, -0.2) is 55.6 Å². The van der Waals surface area contributed by atoms with Gasteiger partial charge in [0.05, 0.1) is 0 Å². The standard InChI is InChI=1S/C34H41N3/c1-36(2)21-9-8-14-34-24-35-33(23-28-17-20-30-12-6-7-13-32(30)22-28)26-37(34)25-27-15-18-31(19-16-27)29-10-4-3-5-11-29/h3-7,10-13,15-20,22,33-35H,8-9,14,21,23-26H2,1-2H3. The lowest BCUT2D eigenvalue weighted by Gasteiger charge is -2.41. The molecule has 0 spiro atoms. The lowest BCUT2D eigenvalue weighted by atomic mass is 9.96. The third-order valence-electron chi connectivity index (χ3n) is 7.75. The Hall–Kier alpha value is -2.98. The summed E-state index contributed by atoms with van der Waals surface area (Å²) < 4.78 is 0. The van der Waals surface area contributed by atoms with Gasteiger partial charge in [0.15, 0.2) is 0 Å². The van der Waals surface area contributed by atoms with Crippen LogP contribution in [0.25, 0.3) is 21.9 Å². The molecule has 1 aliphatic rings. The molecule has 3 nitrogen and oxygen atoms in total. The van der Waals surface area contributed by atoms with Crippen molar-refractivity contribution in [2.75, 3.05) is 33.7 Å². The van der Waals surface area contributed by atoms with E-state index in [1.165, 1.54) is 58.8 Å². The van der Waals surface area contributed by atoms with Gasteiger partial charge in [-0.25, -0.2) is 0 Å². The molecule has 0 saturated carbocycles. The molecule has 0 amide bonds. The van der Waals surface area contributed by atoms with Gasteiger partial charge < -0.3 is 10.2 Å². The minimum atomic E-state index is 0.475. The molecule has 1 N–H and O–H groups in total. The third kappa shape index (κ3) is 7.07. The van der Waals surface area contributed by atoms with Gasteiger partial charge in [0.25, 0.3) is 0 Å². The summed E-state index contributed by atoms with van der Waals surface area (Å²) in [5.41, 5.74) is 5.40. The van der Waals surface area contributed by atoms with Crippen LogP contribution in [0.3, 0.4) is 0 Å². The number of nitrogens with one attached hydrogen (secondary N) is 1. The van der Waals surface area contributed by atoms with E-state index in [4.69, 9.17) is 0 Å². The Bertz CT molecular complexity index is 1250. The second kappa shape index (κ2) is 12.5. The molecule has 4 aromatic carbocycles. The number of rotatable bonds is 10. The number of unbranched alkanes of at least 4 members (excludes halogenated alkanes) is 1. The fourth-order valence-electron chi connectivity index (χ4n) is 5.67. The van der Waals surface area contributed by atoms with E-state index in [1.54, 1.807) is 0 Å². The summed E-state index contributed by atoms with van der Waals surface area (Å²) in [5.74, 6) is 0. The van der Waals surface area contributed by atoms with Crippen LogP contribution < -0.4 is 5.32 Å². The molecule has 3 heteroatoms. The van der Waals surface area contributed by atoms with Gasteiger partial charge >= 0.3 is 0 Å². The Labute approximate surface area is 223 Å². The van der Waals surface area contributed by atoms with Crippen molar-refractivity contribution in [2.45, 2.75) is 44.3 Å². The van der Waals surface area contributed by atoms with Crippen LogP contribution in [0.5, 0.6) is 0 Å². The van der Waals surface area contributed by atoms with Gasteiger partial charge in [-0.2, -0.15) is 0 Å². The first-order valence-electron chi connectivity index (χ1n) is 13.9. The Balaban J connectivity index is 1.26. The van der Waals surface area contributed by atoms with Gasteiger partial charge in [-0.3, -0.25) is 4.90 Å². The van der Waals surface area contributed by atoms with Crippen molar-refractivity contribution in [1.29, 1.82) is 0 Å². The third-order valence-corrected chi connectivity index (χ3v) is 7.75. The van der Waals surface area contributed by atoms with E-state index in [2.05, 4.69) is 126 Å². The minimum Gasteiger partial charge on any atom is -0.311 e. The quantitative estimate of drug-likeness (QED) is 0.251. The molecule has 37 heavy (non-hydrogen) atoms. The van der Waals surface area contributed by atoms with Crippen LogP contribution in [0.2, 0.25) is 0 Å². The lowest BCUT2D eigenvalue weighted by Crippen LogP contribution is -2.56. The van der Waals surface area contributed by atoms with Crippen LogP contribution in [0.15, 0.2) is 97.1 Å². The molecule has 5 rings (SSSR count). The van der Waals surface area contributed by atoms with Gasteiger partial charge in [0.1, 0.15) is 0 Å². The Morgan fingerprint density at radius 1 is 0.757 bits per heavy atom. The zero-order valence-corrected chi connectivity index (χ0v) is 22.4. The van der Waals surface area contributed by atoms with Crippen LogP contribution in [0, 0.1) is 0 Å². The van der Waals surface area contributed by atoms with E-state index in [-0.39, 0.29) is 0 Å². The first-order valence-corrected chi connectivity index (χ1v) is 13.9. The van der Waals surface area contributed by atoms with E-state index in [0.29, 0.717) is 12.1 Å². The fourth-order valence-corrected chi connectivity index (χ4v) is 5.67. The number of hydrogen-bond donors (Lipinski definition) is 1. The van der Waals surface area contributed by atoms with Gasteiger partial charge in [0, 0.05) is 31.7 Å². The molecule has 1 heterocycles.